The van der Waals surface area contributed by atoms with Crippen LogP contribution in [-0.4, -0.2) is 4.98 Å². The van der Waals surface area contributed by atoms with Crippen molar-refractivity contribution in [2.24, 2.45) is 0 Å². The van der Waals surface area contributed by atoms with Crippen LogP contribution in [0.2, 0.25) is 0 Å². The standard InChI is InChI=1S/C11H9IN2O/c12-8-4-6-9(7-5-8)15-11-3-1-2-10(13)14-11/h1-7H,(H2,13,14). The lowest BCUT2D eigenvalue weighted by Crippen LogP contribution is -1.92. The van der Waals surface area contributed by atoms with E-state index in [1.807, 2.05) is 30.3 Å². The van der Waals surface area contributed by atoms with E-state index in [0.29, 0.717) is 11.7 Å². The molecular weight excluding hydrogens is 303 g/mol. The number of benzene rings is 1. The topological polar surface area (TPSA) is 48.1 Å². The highest BCUT2D eigenvalue weighted by molar-refractivity contribution is 14.1. The number of rotatable bonds is 2. The highest BCUT2D eigenvalue weighted by Crippen LogP contribution is 2.20. The van der Waals surface area contributed by atoms with Gasteiger partial charge in [0.25, 0.3) is 0 Å². The molecule has 1 aromatic carbocycles. The molecule has 2 aromatic rings. The third-order valence-electron chi connectivity index (χ3n) is 1.78. The zero-order valence-corrected chi connectivity index (χ0v) is 10.0. The summed E-state index contributed by atoms with van der Waals surface area (Å²) in [4.78, 5) is 4.04. The van der Waals surface area contributed by atoms with Gasteiger partial charge in [0.05, 0.1) is 0 Å². The molecular formula is C11H9IN2O. The Morgan fingerprint density at radius 2 is 1.80 bits per heavy atom. The van der Waals surface area contributed by atoms with Gasteiger partial charge >= 0.3 is 0 Å². The first-order valence-electron chi connectivity index (χ1n) is 4.40. The first-order chi connectivity index (χ1) is 7.24. The molecule has 0 aliphatic heterocycles. The summed E-state index contributed by atoms with van der Waals surface area (Å²) in [6.45, 7) is 0. The molecule has 0 amide bonds. The smallest absolute Gasteiger partial charge is 0.221 e. The number of ether oxygens (including phenoxy) is 1. The molecule has 0 spiro atoms. The SMILES string of the molecule is Nc1cccc(Oc2ccc(I)cc2)n1. The molecule has 0 saturated heterocycles. The Kier molecular flexibility index (Phi) is 3.05. The van der Waals surface area contributed by atoms with Crippen LogP contribution >= 0.6 is 22.6 Å². The molecule has 0 unspecified atom stereocenters. The maximum Gasteiger partial charge on any atom is 0.221 e. The van der Waals surface area contributed by atoms with Crippen LogP contribution in [0, 0.1) is 3.57 Å². The molecule has 2 N–H and O–H groups in total. The molecule has 1 heterocycles. The van der Waals surface area contributed by atoms with Crippen LogP contribution in [0.1, 0.15) is 0 Å². The first-order valence-corrected chi connectivity index (χ1v) is 5.48. The van der Waals surface area contributed by atoms with Gasteiger partial charge in [0, 0.05) is 9.64 Å². The minimum Gasteiger partial charge on any atom is -0.439 e. The minimum absolute atomic E-state index is 0.456. The predicted molar refractivity (Wildman–Crippen MR) is 67.9 cm³/mol. The Hall–Kier alpha value is -1.30. The molecule has 76 valence electrons. The van der Waals surface area contributed by atoms with Crippen LogP contribution in [0.5, 0.6) is 11.6 Å². The molecule has 0 radical (unpaired) electrons. The van der Waals surface area contributed by atoms with E-state index in [4.69, 9.17) is 10.5 Å². The van der Waals surface area contributed by atoms with Crippen LogP contribution in [0.3, 0.4) is 0 Å². The van der Waals surface area contributed by atoms with Crippen LogP contribution in [-0.2, 0) is 0 Å². The summed E-state index contributed by atoms with van der Waals surface area (Å²) in [7, 11) is 0. The number of pyridine rings is 1. The number of halogens is 1. The van der Waals surface area contributed by atoms with Gasteiger partial charge in [-0.2, -0.15) is 4.98 Å². The van der Waals surface area contributed by atoms with Crippen molar-refractivity contribution in [1.29, 1.82) is 0 Å². The minimum atomic E-state index is 0.456. The molecule has 15 heavy (non-hydrogen) atoms. The molecule has 0 aliphatic carbocycles. The number of hydrogen-bond acceptors (Lipinski definition) is 3. The van der Waals surface area contributed by atoms with Gasteiger partial charge < -0.3 is 10.5 Å². The fourth-order valence-corrected chi connectivity index (χ4v) is 1.47. The van der Waals surface area contributed by atoms with Crippen molar-refractivity contribution in [2.75, 3.05) is 5.73 Å². The van der Waals surface area contributed by atoms with E-state index in [1.54, 1.807) is 12.1 Å². The molecule has 1 aromatic heterocycles. The van der Waals surface area contributed by atoms with Crippen molar-refractivity contribution in [2.45, 2.75) is 0 Å². The molecule has 3 nitrogen and oxygen atoms in total. The van der Waals surface area contributed by atoms with Gasteiger partial charge in [-0.3, -0.25) is 0 Å². The summed E-state index contributed by atoms with van der Waals surface area (Å²) in [5.41, 5.74) is 5.54. The number of anilines is 1. The van der Waals surface area contributed by atoms with Crippen LogP contribution in [0.4, 0.5) is 5.82 Å². The second-order valence-electron chi connectivity index (χ2n) is 2.96. The lowest BCUT2D eigenvalue weighted by atomic mass is 10.3. The summed E-state index contributed by atoms with van der Waals surface area (Å²) in [5, 5.41) is 0. The van der Waals surface area contributed by atoms with Crippen molar-refractivity contribution < 1.29 is 4.74 Å². The van der Waals surface area contributed by atoms with E-state index in [9.17, 15) is 0 Å². The van der Waals surface area contributed by atoms with E-state index < -0.39 is 0 Å². The van der Waals surface area contributed by atoms with E-state index in [1.165, 1.54) is 3.57 Å². The Bertz CT molecular complexity index is 456. The van der Waals surface area contributed by atoms with E-state index >= 15 is 0 Å². The predicted octanol–water partition coefficient (Wildman–Crippen LogP) is 3.06. The molecule has 4 heteroatoms. The number of aromatic nitrogens is 1. The van der Waals surface area contributed by atoms with Gasteiger partial charge in [0.1, 0.15) is 11.6 Å². The first kappa shape index (κ1) is 10.2. The molecule has 0 saturated carbocycles. The fraction of sp³-hybridized carbons (Fsp3) is 0. The lowest BCUT2D eigenvalue weighted by molar-refractivity contribution is 0.464. The monoisotopic (exact) mass is 312 g/mol. The van der Waals surface area contributed by atoms with E-state index in [0.717, 1.165) is 5.75 Å². The van der Waals surface area contributed by atoms with Gasteiger partial charge in [0.15, 0.2) is 0 Å². The van der Waals surface area contributed by atoms with Gasteiger partial charge in [-0.15, -0.1) is 0 Å². The maximum absolute atomic E-state index is 5.54. The normalized spacial score (nSPS) is 9.93. The Labute approximate surface area is 101 Å². The van der Waals surface area contributed by atoms with E-state index in [2.05, 4.69) is 27.6 Å². The quantitative estimate of drug-likeness (QED) is 0.867. The van der Waals surface area contributed by atoms with Crippen LogP contribution < -0.4 is 10.5 Å². The second-order valence-corrected chi connectivity index (χ2v) is 4.20. The third kappa shape index (κ3) is 2.82. The van der Waals surface area contributed by atoms with Crippen molar-refractivity contribution >= 4 is 28.4 Å². The summed E-state index contributed by atoms with van der Waals surface area (Å²) < 4.78 is 6.69. The number of hydrogen-bond donors (Lipinski definition) is 1. The molecule has 0 aliphatic rings. The van der Waals surface area contributed by atoms with Crippen molar-refractivity contribution in [3.63, 3.8) is 0 Å². The van der Waals surface area contributed by atoms with E-state index in [-0.39, 0.29) is 0 Å². The molecule has 2 rings (SSSR count). The van der Waals surface area contributed by atoms with Crippen molar-refractivity contribution in [3.05, 3.63) is 46.0 Å². The largest absolute Gasteiger partial charge is 0.439 e. The average molecular weight is 312 g/mol. The third-order valence-corrected chi connectivity index (χ3v) is 2.50. The fourth-order valence-electron chi connectivity index (χ4n) is 1.11. The van der Waals surface area contributed by atoms with Gasteiger partial charge in [0.2, 0.25) is 5.88 Å². The van der Waals surface area contributed by atoms with Gasteiger partial charge in [-0.1, -0.05) is 6.07 Å². The maximum atomic E-state index is 5.54. The Morgan fingerprint density at radius 3 is 2.47 bits per heavy atom. The zero-order valence-electron chi connectivity index (χ0n) is 7.85. The average Bonchev–Trinajstić information content (AvgIpc) is 2.22. The Balaban J connectivity index is 2.18. The van der Waals surface area contributed by atoms with Gasteiger partial charge in [-0.05, 0) is 52.9 Å². The number of nitrogens with two attached hydrogens (primary N) is 1. The van der Waals surface area contributed by atoms with Crippen molar-refractivity contribution in [1.82, 2.24) is 4.98 Å². The van der Waals surface area contributed by atoms with Crippen LogP contribution in [0.25, 0.3) is 0 Å². The van der Waals surface area contributed by atoms with Gasteiger partial charge in [-0.25, -0.2) is 0 Å². The number of nitrogen functional groups attached to an aromatic ring is 1. The summed E-state index contributed by atoms with van der Waals surface area (Å²) in [6.07, 6.45) is 0. The molecule has 0 fully saturated rings. The summed E-state index contributed by atoms with van der Waals surface area (Å²) in [6, 6.07) is 13.0. The lowest BCUT2D eigenvalue weighted by Gasteiger charge is -2.04. The highest BCUT2D eigenvalue weighted by Gasteiger charge is 1.98. The number of nitrogens with zero attached hydrogens (tertiary/aromatic N) is 1. The zero-order chi connectivity index (χ0) is 10.7. The van der Waals surface area contributed by atoms with Crippen molar-refractivity contribution in [3.8, 4) is 11.6 Å². The molecule has 0 bridgehead atoms. The highest BCUT2D eigenvalue weighted by atomic mass is 127. The second kappa shape index (κ2) is 4.48. The summed E-state index contributed by atoms with van der Waals surface area (Å²) >= 11 is 2.24. The molecule has 0 atom stereocenters. The summed E-state index contributed by atoms with van der Waals surface area (Å²) in [5.74, 6) is 1.72. The Morgan fingerprint density at radius 1 is 1.07 bits per heavy atom. The van der Waals surface area contributed by atoms with Crippen LogP contribution in [0.15, 0.2) is 42.5 Å².